The monoisotopic (exact) mass is 409 g/mol. The van der Waals surface area contributed by atoms with Crippen LogP contribution in [0, 0.1) is 0 Å². The van der Waals surface area contributed by atoms with Crippen LogP contribution in [0.15, 0.2) is 48.1 Å². The fourth-order valence-electron chi connectivity index (χ4n) is 2.65. The summed E-state index contributed by atoms with van der Waals surface area (Å²) in [5, 5.41) is 6.00. The van der Waals surface area contributed by atoms with Crippen molar-refractivity contribution in [3.05, 3.63) is 48.1 Å². The summed E-state index contributed by atoms with van der Waals surface area (Å²) in [4.78, 5) is 26.8. The number of carbonyl (C=O) groups excluding carboxylic acids is 1. The van der Waals surface area contributed by atoms with Gasteiger partial charge in [-0.3, -0.25) is 4.79 Å². The third kappa shape index (κ3) is 4.30. The number of nitrogens with zero attached hydrogens (tertiary/aromatic N) is 4. The molecule has 4 heterocycles. The van der Waals surface area contributed by atoms with Crippen molar-refractivity contribution in [2.75, 3.05) is 16.8 Å². The van der Waals surface area contributed by atoms with E-state index in [1.165, 1.54) is 0 Å². The van der Waals surface area contributed by atoms with Crippen molar-refractivity contribution in [1.82, 2.24) is 15.0 Å². The Balaban J connectivity index is 0.00000121. The topological polar surface area (TPSA) is 71.0 Å². The molecule has 1 amide bonds. The molecule has 3 aromatic heterocycles. The Kier molecular flexibility index (Phi) is 6.90. The molecule has 1 saturated heterocycles. The molecule has 4 rings (SSSR count). The van der Waals surface area contributed by atoms with Crippen LogP contribution in [0.5, 0.6) is 0 Å². The molecule has 1 N–H and O–H groups in total. The van der Waals surface area contributed by atoms with E-state index in [2.05, 4.69) is 20.3 Å². The first-order valence-corrected chi connectivity index (χ1v) is 8.58. The second-order valence-electron chi connectivity index (χ2n) is 5.42. The normalized spacial score (nSPS) is 13.1. The first kappa shape index (κ1) is 20.1. The molecule has 0 aromatic carbocycles. The van der Waals surface area contributed by atoms with Gasteiger partial charge in [-0.2, -0.15) is 0 Å². The lowest BCUT2D eigenvalue weighted by molar-refractivity contribution is -0.117. The molecule has 0 saturated carbocycles. The number of halogens is 2. The van der Waals surface area contributed by atoms with Crippen LogP contribution >= 0.6 is 36.2 Å². The summed E-state index contributed by atoms with van der Waals surface area (Å²) in [6.07, 6.45) is 5.01. The number of aromatic nitrogens is 3. The molecular weight excluding hydrogens is 393 g/mol. The maximum absolute atomic E-state index is 11.8. The number of rotatable bonds is 4. The predicted octanol–water partition coefficient (Wildman–Crippen LogP) is 4.31. The van der Waals surface area contributed by atoms with Crippen LogP contribution in [0.25, 0.3) is 10.7 Å². The minimum absolute atomic E-state index is 0. The highest BCUT2D eigenvalue weighted by atomic mass is 35.5. The van der Waals surface area contributed by atoms with Gasteiger partial charge in [0.2, 0.25) is 5.91 Å². The van der Waals surface area contributed by atoms with E-state index in [1.807, 2.05) is 35.7 Å². The number of carbonyl (C=O) groups is 1. The second-order valence-corrected chi connectivity index (χ2v) is 6.32. The van der Waals surface area contributed by atoms with Crippen LogP contribution in [0.4, 0.5) is 17.3 Å². The highest BCUT2D eigenvalue weighted by Gasteiger charge is 2.21. The summed E-state index contributed by atoms with van der Waals surface area (Å²) in [5.41, 5.74) is 1.67. The summed E-state index contributed by atoms with van der Waals surface area (Å²) < 4.78 is 0. The van der Waals surface area contributed by atoms with Crippen LogP contribution in [0.3, 0.4) is 0 Å². The standard InChI is InChI=1S/C17H15N5OS.2ClH/c23-16-5-2-9-22(16)12-6-7-14(19-11-12)21-15-4-1-3-13(20-15)17-18-8-10-24-17;;/h1,3-4,6-8,10-11H,2,5,9H2,(H,19,20,21);2*1H. The first-order valence-electron chi connectivity index (χ1n) is 7.70. The van der Waals surface area contributed by atoms with Crippen molar-refractivity contribution in [2.24, 2.45) is 0 Å². The van der Waals surface area contributed by atoms with Crippen molar-refractivity contribution >= 4 is 59.4 Å². The number of hydrogen-bond acceptors (Lipinski definition) is 6. The molecular formula is C17H17Cl2N5OS. The predicted molar refractivity (Wildman–Crippen MR) is 109 cm³/mol. The molecule has 1 aliphatic rings. The zero-order valence-corrected chi connectivity index (χ0v) is 16.1. The number of anilines is 3. The van der Waals surface area contributed by atoms with Gasteiger partial charge in [0.05, 0.1) is 11.9 Å². The smallest absolute Gasteiger partial charge is 0.227 e. The number of nitrogens with one attached hydrogen (secondary N) is 1. The highest BCUT2D eigenvalue weighted by molar-refractivity contribution is 7.13. The third-order valence-corrected chi connectivity index (χ3v) is 4.59. The van der Waals surface area contributed by atoms with Gasteiger partial charge in [-0.25, -0.2) is 15.0 Å². The van der Waals surface area contributed by atoms with Gasteiger partial charge >= 0.3 is 0 Å². The van der Waals surface area contributed by atoms with Crippen LogP contribution in [0.2, 0.25) is 0 Å². The van der Waals surface area contributed by atoms with Crippen LogP contribution < -0.4 is 10.2 Å². The molecule has 0 spiro atoms. The summed E-state index contributed by atoms with van der Waals surface area (Å²) >= 11 is 1.55. The molecule has 1 fully saturated rings. The molecule has 0 unspecified atom stereocenters. The SMILES string of the molecule is Cl.Cl.O=C1CCCN1c1ccc(Nc2cccc(-c3nccs3)n2)nc1. The zero-order valence-electron chi connectivity index (χ0n) is 13.7. The first-order chi connectivity index (χ1) is 11.8. The van der Waals surface area contributed by atoms with Gasteiger partial charge in [0.15, 0.2) is 0 Å². The minimum atomic E-state index is 0. The van der Waals surface area contributed by atoms with Gasteiger partial charge in [-0.05, 0) is 30.7 Å². The van der Waals surface area contributed by atoms with Gasteiger partial charge in [-0.15, -0.1) is 36.2 Å². The maximum Gasteiger partial charge on any atom is 0.227 e. The number of thiazole rings is 1. The summed E-state index contributed by atoms with van der Waals surface area (Å²) in [5.74, 6) is 1.56. The second kappa shape index (κ2) is 8.93. The average Bonchev–Trinajstić information content (AvgIpc) is 3.28. The molecule has 0 bridgehead atoms. The molecule has 136 valence electrons. The lowest BCUT2D eigenvalue weighted by Gasteiger charge is -2.15. The Morgan fingerprint density at radius 3 is 2.62 bits per heavy atom. The van der Waals surface area contributed by atoms with Crippen LogP contribution in [0.1, 0.15) is 12.8 Å². The molecule has 0 atom stereocenters. The number of pyridine rings is 2. The fourth-order valence-corrected chi connectivity index (χ4v) is 3.25. The minimum Gasteiger partial charge on any atom is -0.325 e. The number of amides is 1. The van der Waals surface area contributed by atoms with E-state index in [1.54, 1.807) is 28.6 Å². The Morgan fingerprint density at radius 1 is 1.08 bits per heavy atom. The molecule has 0 radical (unpaired) electrons. The Morgan fingerprint density at radius 2 is 1.96 bits per heavy atom. The van der Waals surface area contributed by atoms with Gasteiger partial charge in [-0.1, -0.05) is 6.07 Å². The van der Waals surface area contributed by atoms with Crippen LogP contribution in [-0.2, 0) is 4.79 Å². The van der Waals surface area contributed by atoms with Gasteiger partial charge in [0.1, 0.15) is 22.3 Å². The highest BCUT2D eigenvalue weighted by Crippen LogP contribution is 2.24. The van der Waals surface area contributed by atoms with Crippen molar-refractivity contribution in [3.63, 3.8) is 0 Å². The van der Waals surface area contributed by atoms with E-state index < -0.39 is 0 Å². The fraction of sp³-hybridized carbons (Fsp3) is 0.176. The molecule has 1 aliphatic heterocycles. The van der Waals surface area contributed by atoms with Crippen molar-refractivity contribution in [3.8, 4) is 10.7 Å². The lowest BCUT2D eigenvalue weighted by Crippen LogP contribution is -2.23. The van der Waals surface area contributed by atoms with Gasteiger partial charge in [0, 0.05) is 24.5 Å². The van der Waals surface area contributed by atoms with Crippen LogP contribution in [-0.4, -0.2) is 27.4 Å². The van der Waals surface area contributed by atoms with E-state index in [-0.39, 0.29) is 30.7 Å². The Labute approximate surface area is 167 Å². The summed E-state index contributed by atoms with van der Waals surface area (Å²) in [7, 11) is 0. The third-order valence-electron chi connectivity index (χ3n) is 3.79. The van der Waals surface area contributed by atoms with Crippen molar-refractivity contribution in [2.45, 2.75) is 12.8 Å². The van der Waals surface area contributed by atoms with E-state index in [9.17, 15) is 4.79 Å². The van der Waals surface area contributed by atoms with Gasteiger partial charge in [0.25, 0.3) is 0 Å². The number of hydrogen-bond donors (Lipinski definition) is 1. The molecule has 6 nitrogen and oxygen atoms in total. The Hall–Kier alpha value is -2.22. The maximum atomic E-state index is 11.8. The molecule has 0 aliphatic carbocycles. The largest absolute Gasteiger partial charge is 0.325 e. The van der Waals surface area contributed by atoms with E-state index in [4.69, 9.17) is 0 Å². The van der Waals surface area contributed by atoms with E-state index in [0.717, 1.165) is 29.4 Å². The molecule has 3 aromatic rings. The average molecular weight is 410 g/mol. The zero-order chi connectivity index (χ0) is 16.4. The summed E-state index contributed by atoms with van der Waals surface area (Å²) in [6.45, 7) is 0.769. The van der Waals surface area contributed by atoms with E-state index in [0.29, 0.717) is 18.1 Å². The quantitative estimate of drug-likeness (QED) is 0.694. The van der Waals surface area contributed by atoms with Crippen molar-refractivity contribution in [1.29, 1.82) is 0 Å². The molecule has 9 heteroatoms. The van der Waals surface area contributed by atoms with Crippen molar-refractivity contribution < 1.29 is 4.79 Å². The van der Waals surface area contributed by atoms with E-state index >= 15 is 0 Å². The molecule has 26 heavy (non-hydrogen) atoms. The summed E-state index contributed by atoms with van der Waals surface area (Å²) in [6, 6.07) is 9.52. The lowest BCUT2D eigenvalue weighted by atomic mass is 10.3. The van der Waals surface area contributed by atoms with Gasteiger partial charge < -0.3 is 10.2 Å². The Bertz CT molecular complexity index is 858.